The Morgan fingerprint density at radius 3 is 3.20 bits per heavy atom. The fourth-order valence-electron chi connectivity index (χ4n) is 3.07. The van der Waals surface area contributed by atoms with Crippen molar-refractivity contribution in [3.8, 4) is 0 Å². The van der Waals surface area contributed by atoms with Crippen LogP contribution < -0.4 is 0 Å². The molecular weight excluding hydrogens is 204 g/mol. The van der Waals surface area contributed by atoms with E-state index in [4.69, 9.17) is 17.0 Å². The van der Waals surface area contributed by atoms with E-state index in [9.17, 15) is 0 Å². The van der Waals surface area contributed by atoms with Crippen molar-refractivity contribution in [3.05, 3.63) is 24.5 Å². The van der Waals surface area contributed by atoms with E-state index in [-0.39, 0.29) is 5.41 Å². The van der Waals surface area contributed by atoms with Gasteiger partial charge in [-0.1, -0.05) is 24.7 Å². The van der Waals surface area contributed by atoms with Gasteiger partial charge in [-0.25, -0.2) is 0 Å². The van der Waals surface area contributed by atoms with Crippen molar-refractivity contribution in [3.63, 3.8) is 0 Å². The number of hydrogen-bond acceptors (Lipinski definition) is 2. The third-order valence-corrected chi connectivity index (χ3v) is 4.23. The van der Waals surface area contributed by atoms with Crippen molar-refractivity contribution < 1.29 is 4.74 Å². The Hall–Kier alpha value is -0.630. The van der Waals surface area contributed by atoms with E-state index in [1.807, 2.05) is 13.0 Å². The number of hydrogen-bond donors (Lipinski definition) is 0. The molecule has 0 aromatic rings. The van der Waals surface area contributed by atoms with Crippen molar-refractivity contribution in [1.29, 1.82) is 0 Å². The molecule has 2 heteroatoms. The van der Waals surface area contributed by atoms with E-state index < -0.39 is 0 Å². The Balaban J connectivity index is 2.26. The standard InChI is InChI=1S/C13H18OS/c1-3-7-13-8-5-6-10(13)11(14-4-2)9-12(13)15/h3,9-10H,1,4-8H2,2H3/t10-,13-/m0/s1. The minimum atomic E-state index is 0.182. The third kappa shape index (κ3) is 1.55. The fraction of sp³-hybridized carbons (Fsp3) is 0.615. The fourth-order valence-corrected chi connectivity index (χ4v) is 3.51. The smallest absolute Gasteiger partial charge is 0.101 e. The van der Waals surface area contributed by atoms with E-state index in [1.165, 1.54) is 19.3 Å². The van der Waals surface area contributed by atoms with Crippen LogP contribution in [-0.2, 0) is 4.74 Å². The molecule has 2 rings (SSSR count). The van der Waals surface area contributed by atoms with Crippen LogP contribution in [-0.4, -0.2) is 11.5 Å². The van der Waals surface area contributed by atoms with Gasteiger partial charge in [0.25, 0.3) is 0 Å². The number of allylic oxidation sites excluding steroid dienone is 3. The summed E-state index contributed by atoms with van der Waals surface area (Å²) in [5, 5.41) is 0. The quantitative estimate of drug-likeness (QED) is 0.530. The highest BCUT2D eigenvalue weighted by molar-refractivity contribution is 7.80. The third-order valence-electron chi connectivity index (χ3n) is 3.71. The molecule has 1 fully saturated rings. The summed E-state index contributed by atoms with van der Waals surface area (Å²) < 4.78 is 5.70. The molecule has 1 nitrogen and oxygen atoms in total. The molecule has 0 aromatic heterocycles. The molecule has 0 heterocycles. The van der Waals surface area contributed by atoms with E-state index in [2.05, 4.69) is 12.7 Å². The molecule has 0 N–H and O–H groups in total. The average molecular weight is 222 g/mol. The summed E-state index contributed by atoms with van der Waals surface area (Å²) in [6.07, 6.45) is 8.79. The van der Waals surface area contributed by atoms with Crippen LogP contribution in [0.5, 0.6) is 0 Å². The molecular formula is C13H18OS. The van der Waals surface area contributed by atoms with Gasteiger partial charge < -0.3 is 4.74 Å². The van der Waals surface area contributed by atoms with Crippen molar-refractivity contribution in [2.45, 2.75) is 32.6 Å². The van der Waals surface area contributed by atoms with E-state index in [0.717, 1.165) is 23.7 Å². The van der Waals surface area contributed by atoms with Gasteiger partial charge in [-0.3, -0.25) is 0 Å². The summed E-state index contributed by atoms with van der Waals surface area (Å²) in [4.78, 5) is 1.09. The van der Waals surface area contributed by atoms with Crippen LogP contribution in [0.4, 0.5) is 0 Å². The van der Waals surface area contributed by atoms with Gasteiger partial charge >= 0.3 is 0 Å². The molecule has 0 radical (unpaired) electrons. The van der Waals surface area contributed by atoms with Gasteiger partial charge in [0.05, 0.1) is 6.61 Å². The van der Waals surface area contributed by atoms with E-state index in [0.29, 0.717) is 5.92 Å². The molecule has 0 saturated heterocycles. The average Bonchev–Trinajstić information content (AvgIpc) is 2.70. The largest absolute Gasteiger partial charge is 0.498 e. The molecule has 2 aliphatic carbocycles. The predicted octanol–water partition coefficient (Wildman–Crippen LogP) is 3.65. The minimum absolute atomic E-state index is 0.182. The first-order chi connectivity index (χ1) is 7.24. The Kier molecular flexibility index (Phi) is 2.96. The summed E-state index contributed by atoms with van der Waals surface area (Å²) in [7, 11) is 0. The van der Waals surface area contributed by atoms with Gasteiger partial charge in [0.15, 0.2) is 0 Å². The van der Waals surface area contributed by atoms with Crippen LogP contribution in [0.2, 0.25) is 0 Å². The Morgan fingerprint density at radius 2 is 2.53 bits per heavy atom. The zero-order valence-corrected chi connectivity index (χ0v) is 10.1. The van der Waals surface area contributed by atoms with Gasteiger partial charge in [-0.15, -0.1) is 6.58 Å². The second-order valence-electron chi connectivity index (χ2n) is 4.44. The first-order valence-electron chi connectivity index (χ1n) is 5.74. The monoisotopic (exact) mass is 222 g/mol. The summed E-state index contributed by atoms with van der Waals surface area (Å²) >= 11 is 5.52. The number of fused-ring (bicyclic) bond motifs is 1. The van der Waals surface area contributed by atoms with E-state index >= 15 is 0 Å². The van der Waals surface area contributed by atoms with Gasteiger partial charge in [-0.2, -0.15) is 0 Å². The Labute approximate surface area is 97.2 Å². The zero-order valence-electron chi connectivity index (χ0n) is 9.29. The van der Waals surface area contributed by atoms with Crippen LogP contribution in [0.3, 0.4) is 0 Å². The van der Waals surface area contributed by atoms with Crippen molar-refractivity contribution >= 4 is 17.1 Å². The number of ether oxygens (including phenoxy) is 1. The topological polar surface area (TPSA) is 9.23 Å². The second-order valence-corrected chi connectivity index (χ2v) is 4.88. The zero-order chi connectivity index (χ0) is 10.9. The van der Waals surface area contributed by atoms with Gasteiger partial charge in [0, 0.05) is 16.2 Å². The molecule has 0 aliphatic heterocycles. The number of thiocarbonyl (C=S) groups is 1. The maximum absolute atomic E-state index is 5.70. The molecule has 0 amide bonds. The van der Waals surface area contributed by atoms with Crippen molar-refractivity contribution in [1.82, 2.24) is 0 Å². The summed E-state index contributed by atoms with van der Waals surface area (Å²) in [5.41, 5.74) is 0.182. The number of rotatable bonds is 4. The molecule has 1 saturated carbocycles. The highest BCUT2D eigenvalue weighted by Crippen LogP contribution is 2.55. The van der Waals surface area contributed by atoms with Crippen LogP contribution >= 0.6 is 12.2 Å². The maximum atomic E-state index is 5.70. The Bertz CT molecular complexity index is 318. The van der Waals surface area contributed by atoms with Crippen LogP contribution in [0.25, 0.3) is 0 Å². The molecule has 0 bridgehead atoms. The first-order valence-corrected chi connectivity index (χ1v) is 6.15. The normalized spacial score (nSPS) is 33.8. The van der Waals surface area contributed by atoms with Gasteiger partial charge in [0.1, 0.15) is 5.76 Å². The first kappa shape index (κ1) is 10.9. The van der Waals surface area contributed by atoms with E-state index in [1.54, 1.807) is 0 Å². The molecule has 15 heavy (non-hydrogen) atoms. The van der Waals surface area contributed by atoms with Gasteiger partial charge in [-0.05, 0) is 32.3 Å². The molecule has 2 aliphatic rings. The minimum Gasteiger partial charge on any atom is -0.498 e. The summed E-state index contributed by atoms with van der Waals surface area (Å²) in [6, 6.07) is 0. The van der Waals surface area contributed by atoms with Crippen LogP contribution in [0, 0.1) is 11.3 Å². The summed E-state index contributed by atoms with van der Waals surface area (Å²) in [6.45, 7) is 6.64. The molecule has 82 valence electrons. The molecule has 2 atom stereocenters. The van der Waals surface area contributed by atoms with Crippen molar-refractivity contribution in [2.75, 3.05) is 6.61 Å². The Morgan fingerprint density at radius 1 is 1.73 bits per heavy atom. The lowest BCUT2D eigenvalue weighted by Gasteiger charge is -2.29. The van der Waals surface area contributed by atoms with Gasteiger partial charge in [0.2, 0.25) is 0 Å². The highest BCUT2D eigenvalue weighted by Gasteiger charge is 2.50. The van der Waals surface area contributed by atoms with Crippen molar-refractivity contribution in [2.24, 2.45) is 11.3 Å². The second kappa shape index (κ2) is 4.09. The predicted molar refractivity (Wildman–Crippen MR) is 66.9 cm³/mol. The summed E-state index contributed by atoms with van der Waals surface area (Å²) in [5.74, 6) is 1.66. The maximum Gasteiger partial charge on any atom is 0.101 e. The molecule has 0 unspecified atom stereocenters. The SMILES string of the molecule is C=CC[C@]12CCC[C@H]1C(OCC)=CC2=S. The van der Waals surface area contributed by atoms with Crippen LogP contribution in [0.15, 0.2) is 24.5 Å². The lowest BCUT2D eigenvalue weighted by Crippen LogP contribution is -2.28. The lowest BCUT2D eigenvalue weighted by molar-refractivity contribution is 0.169. The van der Waals surface area contributed by atoms with Crippen LogP contribution in [0.1, 0.15) is 32.6 Å². The molecule has 0 aromatic carbocycles. The molecule has 0 spiro atoms. The highest BCUT2D eigenvalue weighted by atomic mass is 32.1. The lowest BCUT2D eigenvalue weighted by atomic mass is 9.76.